The predicted octanol–water partition coefficient (Wildman–Crippen LogP) is 5.26. The van der Waals surface area contributed by atoms with Crippen molar-refractivity contribution < 1.29 is 13.7 Å². The summed E-state index contributed by atoms with van der Waals surface area (Å²) in [7, 11) is 0. The molecule has 0 unspecified atom stereocenters. The number of nitrogens with zero attached hydrogens (tertiary/aromatic N) is 3. The molecule has 2 N–H and O–H groups in total. The zero-order valence-corrected chi connectivity index (χ0v) is 18.1. The molecule has 2 amide bonds. The molecule has 3 heterocycles. The molecule has 0 aliphatic carbocycles. The number of benzene rings is 2. The van der Waals surface area contributed by atoms with Gasteiger partial charge in [-0.25, -0.2) is 9.78 Å². The first-order chi connectivity index (χ1) is 15.6. The lowest BCUT2D eigenvalue weighted by Crippen LogP contribution is -2.34. The number of fused-ring (bicyclic) bond motifs is 1. The molecule has 5 rings (SSSR count). The van der Waals surface area contributed by atoms with Crippen LogP contribution in [-0.2, 0) is 13.1 Å². The van der Waals surface area contributed by atoms with Crippen LogP contribution >= 0.6 is 22.9 Å². The molecule has 5 aromatic rings. The first-order valence-corrected chi connectivity index (χ1v) is 10.9. The Balaban J connectivity index is 1.14. The van der Waals surface area contributed by atoms with Gasteiger partial charge in [0.2, 0.25) is 11.7 Å². The van der Waals surface area contributed by atoms with Crippen molar-refractivity contribution in [3.8, 4) is 22.2 Å². The van der Waals surface area contributed by atoms with Crippen molar-refractivity contribution in [2.45, 2.75) is 13.1 Å². The van der Waals surface area contributed by atoms with E-state index in [9.17, 15) is 4.79 Å². The lowest BCUT2D eigenvalue weighted by atomic mass is 10.2. The largest absolute Gasteiger partial charge is 0.457 e. The minimum atomic E-state index is -0.380. The Hall–Kier alpha value is -3.69. The van der Waals surface area contributed by atoms with Crippen molar-refractivity contribution >= 4 is 39.2 Å². The van der Waals surface area contributed by atoms with Crippen LogP contribution in [0.2, 0.25) is 5.02 Å². The van der Waals surface area contributed by atoms with E-state index in [0.717, 1.165) is 20.8 Å². The number of hydrogen-bond donors (Lipinski definition) is 2. The summed E-state index contributed by atoms with van der Waals surface area (Å²) >= 11 is 7.44. The summed E-state index contributed by atoms with van der Waals surface area (Å²) < 4.78 is 12.1. The van der Waals surface area contributed by atoms with Gasteiger partial charge < -0.3 is 19.6 Å². The molecule has 0 atom stereocenters. The van der Waals surface area contributed by atoms with E-state index in [-0.39, 0.29) is 19.1 Å². The minimum absolute atomic E-state index is 0.0987. The van der Waals surface area contributed by atoms with Crippen LogP contribution in [0.5, 0.6) is 0 Å². The molecule has 0 aliphatic heterocycles. The molecule has 0 bridgehead atoms. The number of nitrogens with one attached hydrogen (secondary N) is 2. The molecule has 0 spiro atoms. The van der Waals surface area contributed by atoms with Crippen LogP contribution < -0.4 is 10.6 Å². The second kappa shape index (κ2) is 8.81. The van der Waals surface area contributed by atoms with Gasteiger partial charge in [0.15, 0.2) is 10.8 Å². The van der Waals surface area contributed by atoms with Gasteiger partial charge in [-0.1, -0.05) is 28.9 Å². The van der Waals surface area contributed by atoms with Crippen LogP contribution in [0.1, 0.15) is 11.7 Å². The highest BCUT2D eigenvalue weighted by atomic mass is 35.5. The number of aromatic nitrogens is 3. The summed E-state index contributed by atoms with van der Waals surface area (Å²) in [5.74, 6) is 2.01. The molecule has 3 aromatic heterocycles. The molecule has 0 aliphatic rings. The van der Waals surface area contributed by atoms with E-state index in [0.29, 0.717) is 28.3 Å². The number of carbonyl (C=O) groups is 1. The van der Waals surface area contributed by atoms with Crippen LogP contribution in [-0.4, -0.2) is 21.2 Å². The quantitative estimate of drug-likeness (QED) is 0.354. The number of amides is 2. The average molecular weight is 466 g/mol. The third-order valence-electron chi connectivity index (χ3n) is 4.56. The van der Waals surface area contributed by atoms with Crippen molar-refractivity contribution in [3.05, 3.63) is 77.3 Å². The lowest BCUT2D eigenvalue weighted by Gasteiger charge is -2.03. The van der Waals surface area contributed by atoms with E-state index in [4.69, 9.17) is 20.5 Å². The first-order valence-electron chi connectivity index (χ1n) is 9.69. The van der Waals surface area contributed by atoms with E-state index >= 15 is 0 Å². The summed E-state index contributed by atoms with van der Waals surface area (Å²) in [4.78, 5) is 21.0. The fraction of sp³-hybridized carbons (Fsp3) is 0.0909. The lowest BCUT2D eigenvalue weighted by molar-refractivity contribution is 0.237. The van der Waals surface area contributed by atoms with Crippen LogP contribution in [0.25, 0.3) is 32.4 Å². The van der Waals surface area contributed by atoms with Crippen LogP contribution in [0.4, 0.5) is 4.79 Å². The molecule has 32 heavy (non-hydrogen) atoms. The standard InChI is InChI=1S/C22H16ClN5O3S/c23-14-7-5-13(6-8-14)20-27-19(31-28-20)12-25-22(29)24-11-15-9-10-17(30-15)21-26-16-3-1-2-4-18(16)32-21/h1-10H,11-12H2,(H2,24,25,29). The van der Waals surface area contributed by atoms with Gasteiger partial charge in [-0.15, -0.1) is 11.3 Å². The van der Waals surface area contributed by atoms with Crippen molar-refractivity contribution in [3.63, 3.8) is 0 Å². The topological polar surface area (TPSA) is 106 Å². The van der Waals surface area contributed by atoms with Crippen molar-refractivity contribution in [2.24, 2.45) is 0 Å². The monoisotopic (exact) mass is 465 g/mol. The van der Waals surface area contributed by atoms with Crippen LogP contribution in [0, 0.1) is 0 Å². The summed E-state index contributed by atoms with van der Waals surface area (Å²) in [6.07, 6.45) is 0. The number of urea groups is 1. The van der Waals surface area contributed by atoms with Crippen LogP contribution in [0.15, 0.2) is 69.6 Å². The Kier molecular flexibility index (Phi) is 5.57. The van der Waals surface area contributed by atoms with E-state index in [1.165, 1.54) is 0 Å². The highest BCUT2D eigenvalue weighted by molar-refractivity contribution is 7.21. The molecule has 0 radical (unpaired) electrons. The Morgan fingerprint density at radius 1 is 0.969 bits per heavy atom. The van der Waals surface area contributed by atoms with Crippen molar-refractivity contribution in [2.75, 3.05) is 0 Å². The Labute approximate surface area is 191 Å². The number of thiazole rings is 1. The maximum Gasteiger partial charge on any atom is 0.315 e. The Morgan fingerprint density at radius 3 is 2.62 bits per heavy atom. The molecule has 8 nitrogen and oxygen atoms in total. The Morgan fingerprint density at radius 2 is 1.78 bits per heavy atom. The maximum atomic E-state index is 12.1. The summed E-state index contributed by atoms with van der Waals surface area (Å²) in [5, 5.41) is 10.8. The van der Waals surface area contributed by atoms with Gasteiger partial charge in [0.25, 0.3) is 0 Å². The second-order valence-corrected chi connectivity index (χ2v) is 8.27. The number of rotatable bonds is 6. The number of furan rings is 1. The highest BCUT2D eigenvalue weighted by Crippen LogP contribution is 2.31. The SMILES string of the molecule is O=C(NCc1ccc(-c2nc3ccccc3s2)o1)NCc1nc(-c2ccc(Cl)cc2)no1. The van der Waals surface area contributed by atoms with Crippen LogP contribution in [0.3, 0.4) is 0 Å². The smallest absolute Gasteiger partial charge is 0.315 e. The van der Waals surface area contributed by atoms with Gasteiger partial charge in [0, 0.05) is 10.6 Å². The molecular weight excluding hydrogens is 450 g/mol. The number of halogens is 1. The molecule has 10 heteroatoms. The normalized spacial score (nSPS) is 11.0. The van der Waals surface area contributed by atoms with Gasteiger partial charge in [-0.3, -0.25) is 0 Å². The van der Waals surface area contributed by atoms with Crippen molar-refractivity contribution in [1.82, 2.24) is 25.8 Å². The maximum absolute atomic E-state index is 12.1. The van der Waals surface area contributed by atoms with Gasteiger partial charge in [0.1, 0.15) is 5.76 Å². The average Bonchev–Trinajstić information content (AvgIpc) is 3.56. The van der Waals surface area contributed by atoms with Crippen molar-refractivity contribution in [1.29, 1.82) is 0 Å². The fourth-order valence-corrected chi connectivity index (χ4v) is 4.05. The molecule has 0 saturated carbocycles. The summed E-state index contributed by atoms with van der Waals surface area (Å²) in [6.45, 7) is 0.331. The Bertz CT molecular complexity index is 1340. The van der Waals surface area contributed by atoms with Gasteiger partial charge >= 0.3 is 6.03 Å². The third kappa shape index (κ3) is 4.48. The zero-order chi connectivity index (χ0) is 21.9. The van der Waals surface area contributed by atoms with E-state index in [2.05, 4.69) is 25.8 Å². The zero-order valence-electron chi connectivity index (χ0n) is 16.5. The van der Waals surface area contributed by atoms with Gasteiger partial charge in [0.05, 0.1) is 23.3 Å². The number of carbonyl (C=O) groups excluding carboxylic acids is 1. The van der Waals surface area contributed by atoms with E-state index in [1.807, 2.05) is 36.4 Å². The minimum Gasteiger partial charge on any atom is -0.457 e. The van der Waals surface area contributed by atoms with E-state index < -0.39 is 0 Å². The molecule has 0 fully saturated rings. The number of hydrogen-bond acceptors (Lipinski definition) is 7. The predicted molar refractivity (Wildman–Crippen MR) is 121 cm³/mol. The summed E-state index contributed by atoms with van der Waals surface area (Å²) in [6, 6.07) is 18.3. The number of para-hydroxylation sites is 1. The third-order valence-corrected chi connectivity index (χ3v) is 5.86. The highest BCUT2D eigenvalue weighted by Gasteiger charge is 2.12. The first kappa shape index (κ1) is 20.2. The van der Waals surface area contributed by atoms with Gasteiger partial charge in [-0.2, -0.15) is 4.98 Å². The molecule has 160 valence electrons. The molecular formula is C22H16ClN5O3S. The van der Waals surface area contributed by atoms with E-state index in [1.54, 1.807) is 35.6 Å². The van der Waals surface area contributed by atoms with Gasteiger partial charge in [-0.05, 0) is 48.5 Å². The molecule has 2 aromatic carbocycles. The summed E-state index contributed by atoms with van der Waals surface area (Å²) in [5.41, 5.74) is 1.71. The second-order valence-electron chi connectivity index (χ2n) is 6.81. The molecule has 0 saturated heterocycles. The fourth-order valence-electron chi connectivity index (χ4n) is 2.99.